The predicted octanol–water partition coefficient (Wildman–Crippen LogP) is 2.83. The van der Waals surface area contributed by atoms with Gasteiger partial charge in [-0.2, -0.15) is 0 Å². The van der Waals surface area contributed by atoms with Crippen molar-refractivity contribution in [1.29, 1.82) is 0 Å². The predicted molar refractivity (Wildman–Crippen MR) is 88.8 cm³/mol. The van der Waals surface area contributed by atoms with Crippen LogP contribution in [-0.2, 0) is 4.79 Å². The number of hydrogen-bond acceptors (Lipinski definition) is 4. The van der Waals surface area contributed by atoms with Crippen molar-refractivity contribution >= 4 is 51.9 Å². The summed E-state index contributed by atoms with van der Waals surface area (Å²) >= 11 is 6.43. The Balaban J connectivity index is 1.96. The molecule has 21 heavy (non-hydrogen) atoms. The maximum Gasteiger partial charge on any atom is 0.267 e. The van der Waals surface area contributed by atoms with Crippen LogP contribution < -0.4 is 16.0 Å². The van der Waals surface area contributed by atoms with Crippen LogP contribution in [0.4, 0.5) is 11.4 Å². The molecule has 0 fully saturated rings. The Hall–Kier alpha value is -2.25. The molecule has 1 aromatic heterocycles. The molecule has 0 bridgehead atoms. The minimum Gasteiger partial charge on any atom is -0.332 e. The van der Waals surface area contributed by atoms with Gasteiger partial charge < -0.3 is 10.6 Å². The van der Waals surface area contributed by atoms with Crippen molar-refractivity contribution in [2.24, 2.45) is 0 Å². The SMILES string of the molecule is CC(=O)Nc1cccc(NC(=S)NC(=O)c2cccs2)c1. The lowest BCUT2D eigenvalue weighted by Gasteiger charge is -2.10. The van der Waals surface area contributed by atoms with Crippen molar-refractivity contribution in [3.05, 3.63) is 46.7 Å². The average molecular weight is 319 g/mol. The summed E-state index contributed by atoms with van der Waals surface area (Å²) in [5.74, 6) is -0.402. The van der Waals surface area contributed by atoms with E-state index in [9.17, 15) is 9.59 Å². The molecule has 0 saturated carbocycles. The summed E-state index contributed by atoms with van der Waals surface area (Å²) in [5.41, 5.74) is 1.33. The van der Waals surface area contributed by atoms with Crippen LogP contribution in [0.1, 0.15) is 16.6 Å². The highest BCUT2D eigenvalue weighted by Crippen LogP contribution is 2.15. The molecule has 3 N–H and O–H groups in total. The van der Waals surface area contributed by atoms with Crippen molar-refractivity contribution in [1.82, 2.24) is 5.32 Å². The molecule has 0 atom stereocenters. The summed E-state index contributed by atoms with van der Waals surface area (Å²) in [4.78, 5) is 23.4. The van der Waals surface area contributed by atoms with Gasteiger partial charge in [0.25, 0.3) is 5.91 Å². The minimum absolute atomic E-state index is 0.152. The summed E-state index contributed by atoms with van der Waals surface area (Å²) in [6, 6.07) is 10.6. The standard InChI is InChI=1S/C14H13N3O2S2/c1-9(18)15-10-4-2-5-11(8-10)16-14(20)17-13(19)12-6-3-7-21-12/h2-8H,1H3,(H,15,18)(H2,16,17,19,20). The van der Waals surface area contributed by atoms with Gasteiger partial charge in [0.05, 0.1) is 4.88 Å². The lowest BCUT2D eigenvalue weighted by atomic mass is 10.3. The number of carbonyl (C=O) groups is 2. The first-order valence-electron chi connectivity index (χ1n) is 6.08. The topological polar surface area (TPSA) is 70.2 Å². The Morgan fingerprint density at radius 3 is 2.43 bits per heavy atom. The molecule has 5 nitrogen and oxygen atoms in total. The molecule has 0 aliphatic heterocycles. The molecule has 1 heterocycles. The highest BCUT2D eigenvalue weighted by atomic mass is 32.1. The highest BCUT2D eigenvalue weighted by Gasteiger charge is 2.08. The molecule has 108 valence electrons. The minimum atomic E-state index is -0.250. The van der Waals surface area contributed by atoms with E-state index < -0.39 is 0 Å². The van der Waals surface area contributed by atoms with E-state index in [2.05, 4.69) is 16.0 Å². The summed E-state index contributed by atoms with van der Waals surface area (Å²) in [5, 5.41) is 10.2. The fourth-order valence-electron chi connectivity index (χ4n) is 1.61. The van der Waals surface area contributed by atoms with Crippen LogP contribution in [0, 0.1) is 0 Å². The van der Waals surface area contributed by atoms with E-state index >= 15 is 0 Å². The number of thiocarbonyl (C=S) groups is 1. The van der Waals surface area contributed by atoms with E-state index in [1.807, 2.05) is 5.38 Å². The molecule has 2 rings (SSSR count). The lowest BCUT2D eigenvalue weighted by Crippen LogP contribution is -2.33. The van der Waals surface area contributed by atoms with Gasteiger partial charge in [0.2, 0.25) is 5.91 Å². The summed E-state index contributed by atoms with van der Waals surface area (Å²) in [7, 11) is 0. The van der Waals surface area contributed by atoms with Crippen molar-refractivity contribution in [2.75, 3.05) is 10.6 Å². The fourth-order valence-corrected chi connectivity index (χ4v) is 2.44. The fraction of sp³-hybridized carbons (Fsp3) is 0.0714. The normalized spacial score (nSPS) is 9.76. The summed E-state index contributed by atoms with van der Waals surface area (Å²) in [6.45, 7) is 1.44. The van der Waals surface area contributed by atoms with Gasteiger partial charge in [-0.3, -0.25) is 14.9 Å². The molecule has 0 unspecified atom stereocenters. The Morgan fingerprint density at radius 1 is 1.10 bits per heavy atom. The zero-order valence-electron chi connectivity index (χ0n) is 11.2. The van der Waals surface area contributed by atoms with Crippen LogP contribution in [0.5, 0.6) is 0 Å². The number of anilines is 2. The zero-order valence-corrected chi connectivity index (χ0v) is 12.8. The van der Waals surface area contributed by atoms with Gasteiger partial charge in [-0.25, -0.2) is 0 Å². The third kappa shape index (κ3) is 4.66. The maximum absolute atomic E-state index is 11.8. The van der Waals surface area contributed by atoms with Crippen molar-refractivity contribution in [3.8, 4) is 0 Å². The first-order chi connectivity index (χ1) is 10.0. The van der Waals surface area contributed by atoms with Crippen LogP contribution in [0.3, 0.4) is 0 Å². The monoisotopic (exact) mass is 319 g/mol. The number of nitrogens with one attached hydrogen (secondary N) is 3. The Labute approximate surface area is 131 Å². The van der Waals surface area contributed by atoms with E-state index in [0.29, 0.717) is 16.3 Å². The second-order valence-electron chi connectivity index (χ2n) is 4.15. The molecule has 2 aromatic rings. The molecular weight excluding hydrogens is 306 g/mol. The number of amides is 2. The van der Waals surface area contributed by atoms with Crippen LogP contribution in [0.2, 0.25) is 0 Å². The summed E-state index contributed by atoms with van der Waals surface area (Å²) < 4.78 is 0. The molecular formula is C14H13N3O2S2. The molecule has 0 aliphatic rings. The molecule has 0 saturated heterocycles. The molecule has 0 spiro atoms. The van der Waals surface area contributed by atoms with Crippen molar-refractivity contribution in [2.45, 2.75) is 6.92 Å². The van der Waals surface area contributed by atoms with Crippen LogP contribution >= 0.6 is 23.6 Å². The van der Waals surface area contributed by atoms with Crippen molar-refractivity contribution < 1.29 is 9.59 Å². The first-order valence-corrected chi connectivity index (χ1v) is 7.37. The Morgan fingerprint density at radius 2 is 1.81 bits per heavy atom. The van der Waals surface area contributed by atoms with E-state index in [0.717, 1.165) is 0 Å². The van der Waals surface area contributed by atoms with Crippen LogP contribution in [0.25, 0.3) is 0 Å². The third-order valence-corrected chi connectivity index (χ3v) is 3.49. The van der Waals surface area contributed by atoms with Crippen molar-refractivity contribution in [3.63, 3.8) is 0 Å². The van der Waals surface area contributed by atoms with Gasteiger partial charge in [-0.1, -0.05) is 12.1 Å². The molecule has 0 aliphatic carbocycles. The second kappa shape index (κ2) is 6.96. The van der Waals surface area contributed by atoms with Gasteiger partial charge in [0.15, 0.2) is 5.11 Å². The zero-order chi connectivity index (χ0) is 15.2. The van der Waals surface area contributed by atoms with Crippen LogP contribution in [0.15, 0.2) is 41.8 Å². The quantitative estimate of drug-likeness (QED) is 0.761. The number of benzene rings is 1. The molecule has 7 heteroatoms. The smallest absolute Gasteiger partial charge is 0.267 e. The van der Waals surface area contributed by atoms with Gasteiger partial charge in [0.1, 0.15) is 0 Å². The van der Waals surface area contributed by atoms with Gasteiger partial charge >= 0.3 is 0 Å². The number of thiophene rings is 1. The van der Waals surface area contributed by atoms with Gasteiger partial charge in [0, 0.05) is 18.3 Å². The molecule has 2 amide bonds. The summed E-state index contributed by atoms with van der Waals surface area (Å²) in [6.07, 6.45) is 0. The van der Waals surface area contributed by atoms with Gasteiger partial charge in [-0.15, -0.1) is 11.3 Å². The number of rotatable bonds is 3. The second-order valence-corrected chi connectivity index (χ2v) is 5.50. The number of hydrogen-bond donors (Lipinski definition) is 3. The third-order valence-electron chi connectivity index (χ3n) is 2.41. The average Bonchev–Trinajstić information content (AvgIpc) is 2.91. The van der Waals surface area contributed by atoms with E-state index in [1.165, 1.54) is 18.3 Å². The molecule has 1 aromatic carbocycles. The largest absolute Gasteiger partial charge is 0.332 e. The van der Waals surface area contributed by atoms with Gasteiger partial charge in [-0.05, 0) is 41.9 Å². The van der Waals surface area contributed by atoms with E-state index in [1.54, 1.807) is 36.4 Å². The lowest BCUT2D eigenvalue weighted by molar-refractivity contribution is -0.114. The highest BCUT2D eigenvalue weighted by molar-refractivity contribution is 7.80. The maximum atomic E-state index is 11.8. The molecule has 0 radical (unpaired) electrons. The Kier molecular flexibility index (Phi) is 5.02. The Bertz CT molecular complexity index is 669. The van der Waals surface area contributed by atoms with E-state index in [4.69, 9.17) is 12.2 Å². The van der Waals surface area contributed by atoms with E-state index in [-0.39, 0.29) is 16.9 Å². The first kappa shape index (κ1) is 15.1. The number of carbonyl (C=O) groups excluding carboxylic acids is 2. The van der Waals surface area contributed by atoms with Crippen LogP contribution in [-0.4, -0.2) is 16.9 Å².